The predicted octanol–water partition coefficient (Wildman–Crippen LogP) is 5.55. The maximum absolute atomic E-state index is 13.3. The summed E-state index contributed by atoms with van der Waals surface area (Å²) in [6, 6.07) is 15.4. The summed E-state index contributed by atoms with van der Waals surface area (Å²) in [7, 11) is -4.35. The van der Waals surface area contributed by atoms with Gasteiger partial charge in [0.1, 0.15) is 5.82 Å². The summed E-state index contributed by atoms with van der Waals surface area (Å²) in [6.07, 6.45) is -4.68. The Morgan fingerprint density at radius 2 is 1.52 bits per heavy atom. The molecule has 0 N–H and O–H groups in total. The van der Waals surface area contributed by atoms with E-state index in [4.69, 9.17) is 0 Å². The molecule has 0 saturated carbocycles. The van der Waals surface area contributed by atoms with E-state index in [0.717, 1.165) is 40.2 Å². The number of sulfonamides is 1. The molecule has 0 atom stereocenters. The third kappa shape index (κ3) is 4.76. The molecule has 3 aromatic rings. The van der Waals surface area contributed by atoms with Crippen LogP contribution in [0.25, 0.3) is 0 Å². The second-order valence-corrected chi connectivity index (χ2v) is 8.36. The predicted molar refractivity (Wildman–Crippen MR) is 102 cm³/mol. The number of aryl methyl sites for hydroxylation is 1. The molecule has 3 rings (SSSR count). The number of rotatable bonds is 5. The van der Waals surface area contributed by atoms with E-state index in [1.165, 1.54) is 12.1 Å². The lowest BCUT2D eigenvalue weighted by atomic mass is 10.1. The molecular formula is C21H17F4NO2S. The first-order valence-electron chi connectivity index (χ1n) is 8.58. The van der Waals surface area contributed by atoms with Crippen LogP contribution in [0.2, 0.25) is 0 Å². The van der Waals surface area contributed by atoms with E-state index in [1.54, 1.807) is 24.3 Å². The maximum atomic E-state index is 13.3. The number of nitrogens with zero attached hydrogens (tertiary/aromatic N) is 1. The van der Waals surface area contributed by atoms with E-state index in [1.807, 2.05) is 6.92 Å². The molecule has 0 spiro atoms. The molecule has 0 amide bonds. The molecule has 3 nitrogen and oxygen atoms in total. The van der Waals surface area contributed by atoms with Gasteiger partial charge in [0.25, 0.3) is 10.0 Å². The minimum absolute atomic E-state index is 0.121. The van der Waals surface area contributed by atoms with Crippen molar-refractivity contribution in [3.05, 3.63) is 95.3 Å². The standard InChI is InChI=1S/C21H17F4NO2S/c1-15-5-7-16(8-6-15)14-26(19-11-9-18(22)10-12-19)29(27,28)20-4-2-3-17(13-20)21(23,24)25/h2-13H,14H2,1H3. The van der Waals surface area contributed by atoms with E-state index >= 15 is 0 Å². The molecule has 0 aliphatic carbocycles. The van der Waals surface area contributed by atoms with Gasteiger partial charge in [-0.05, 0) is 55.0 Å². The van der Waals surface area contributed by atoms with Crippen LogP contribution in [0, 0.1) is 12.7 Å². The average Bonchev–Trinajstić information content (AvgIpc) is 2.68. The highest BCUT2D eigenvalue weighted by Crippen LogP contribution is 2.32. The van der Waals surface area contributed by atoms with Gasteiger partial charge in [-0.25, -0.2) is 12.8 Å². The van der Waals surface area contributed by atoms with Gasteiger partial charge in [0.15, 0.2) is 0 Å². The molecular weight excluding hydrogens is 406 g/mol. The first kappa shape index (κ1) is 20.9. The third-order valence-electron chi connectivity index (χ3n) is 4.31. The first-order chi connectivity index (χ1) is 13.6. The summed E-state index contributed by atoms with van der Waals surface area (Å²) in [5.74, 6) is -0.555. The van der Waals surface area contributed by atoms with Crippen LogP contribution in [0.4, 0.5) is 23.2 Å². The number of hydrogen-bond donors (Lipinski definition) is 0. The summed E-state index contributed by atoms with van der Waals surface area (Å²) in [5.41, 5.74) is 0.690. The van der Waals surface area contributed by atoms with Crippen LogP contribution < -0.4 is 4.31 Å². The van der Waals surface area contributed by atoms with Gasteiger partial charge in [-0.2, -0.15) is 13.2 Å². The summed E-state index contributed by atoms with van der Waals surface area (Å²) in [6.45, 7) is 1.76. The topological polar surface area (TPSA) is 37.4 Å². The second-order valence-electron chi connectivity index (χ2n) is 6.50. The molecule has 0 aromatic heterocycles. The zero-order valence-electron chi connectivity index (χ0n) is 15.3. The Balaban J connectivity index is 2.09. The minimum atomic E-state index is -4.68. The highest BCUT2D eigenvalue weighted by atomic mass is 32.2. The molecule has 152 valence electrons. The Morgan fingerprint density at radius 3 is 2.10 bits per heavy atom. The summed E-state index contributed by atoms with van der Waals surface area (Å²) >= 11 is 0. The number of halogens is 4. The summed E-state index contributed by atoms with van der Waals surface area (Å²) < 4.78 is 79.9. The van der Waals surface area contributed by atoms with Crippen LogP contribution in [-0.4, -0.2) is 8.42 Å². The molecule has 3 aromatic carbocycles. The van der Waals surface area contributed by atoms with Crippen LogP contribution in [0.5, 0.6) is 0 Å². The van der Waals surface area contributed by atoms with E-state index in [9.17, 15) is 26.0 Å². The van der Waals surface area contributed by atoms with Crippen LogP contribution in [0.1, 0.15) is 16.7 Å². The number of alkyl halides is 3. The molecule has 0 saturated heterocycles. The molecule has 8 heteroatoms. The van der Waals surface area contributed by atoms with E-state index in [0.29, 0.717) is 11.6 Å². The Labute approximate surface area is 166 Å². The van der Waals surface area contributed by atoms with Crippen LogP contribution >= 0.6 is 0 Å². The van der Waals surface area contributed by atoms with Crippen molar-refractivity contribution in [1.82, 2.24) is 0 Å². The van der Waals surface area contributed by atoms with Crippen molar-refractivity contribution < 1.29 is 26.0 Å². The second kappa shape index (κ2) is 7.87. The first-order valence-corrected chi connectivity index (χ1v) is 10.0. The molecule has 0 fully saturated rings. The Kier molecular flexibility index (Phi) is 5.66. The van der Waals surface area contributed by atoms with Gasteiger partial charge in [-0.15, -0.1) is 0 Å². The average molecular weight is 423 g/mol. The van der Waals surface area contributed by atoms with Crippen molar-refractivity contribution in [2.75, 3.05) is 4.31 Å². The van der Waals surface area contributed by atoms with Crippen molar-refractivity contribution in [3.63, 3.8) is 0 Å². The highest BCUT2D eigenvalue weighted by Gasteiger charge is 2.33. The molecule has 0 bridgehead atoms. The van der Waals surface area contributed by atoms with Crippen molar-refractivity contribution in [1.29, 1.82) is 0 Å². The smallest absolute Gasteiger partial charge is 0.262 e. The fourth-order valence-electron chi connectivity index (χ4n) is 2.74. The van der Waals surface area contributed by atoms with Gasteiger partial charge in [0, 0.05) is 0 Å². The monoisotopic (exact) mass is 423 g/mol. The molecule has 0 radical (unpaired) electrons. The van der Waals surface area contributed by atoms with Gasteiger partial charge < -0.3 is 0 Å². The Bertz CT molecular complexity index is 1090. The maximum Gasteiger partial charge on any atom is 0.416 e. The molecule has 0 aliphatic heterocycles. The lowest BCUT2D eigenvalue weighted by Crippen LogP contribution is -2.30. The highest BCUT2D eigenvalue weighted by molar-refractivity contribution is 7.92. The van der Waals surface area contributed by atoms with Gasteiger partial charge >= 0.3 is 6.18 Å². The summed E-state index contributed by atoms with van der Waals surface area (Å²) in [5, 5.41) is 0. The normalized spacial score (nSPS) is 12.0. The molecule has 0 unspecified atom stereocenters. The zero-order chi connectivity index (χ0) is 21.2. The van der Waals surface area contributed by atoms with E-state index < -0.39 is 32.5 Å². The van der Waals surface area contributed by atoms with Gasteiger partial charge in [-0.1, -0.05) is 35.9 Å². The Morgan fingerprint density at radius 1 is 0.897 bits per heavy atom. The number of anilines is 1. The SMILES string of the molecule is Cc1ccc(CN(c2ccc(F)cc2)S(=O)(=O)c2cccc(C(F)(F)F)c2)cc1. The van der Waals surface area contributed by atoms with E-state index in [-0.39, 0.29) is 12.2 Å². The third-order valence-corrected chi connectivity index (χ3v) is 6.08. The number of benzene rings is 3. The molecule has 0 aliphatic rings. The Hall–Kier alpha value is -2.87. The van der Waals surface area contributed by atoms with Crippen molar-refractivity contribution in [2.24, 2.45) is 0 Å². The summed E-state index contributed by atoms with van der Waals surface area (Å²) in [4.78, 5) is -0.497. The largest absolute Gasteiger partial charge is 0.416 e. The van der Waals surface area contributed by atoms with Gasteiger partial charge in [0.2, 0.25) is 0 Å². The van der Waals surface area contributed by atoms with Gasteiger partial charge in [-0.3, -0.25) is 4.31 Å². The quantitative estimate of drug-likeness (QED) is 0.505. The lowest BCUT2D eigenvalue weighted by molar-refractivity contribution is -0.137. The van der Waals surface area contributed by atoms with Crippen LogP contribution in [0.3, 0.4) is 0 Å². The lowest BCUT2D eigenvalue weighted by Gasteiger charge is -2.25. The molecule has 29 heavy (non-hydrogen) atoms. The fraction of sp³-hybridized carbons (Fsp3) is 0.143. The van der Waals surface area contributed by atoms with Crippen molar-refractivity contribution in [2.45, 2.75) is 24.5 Å². The molecule has 0 heterocycles. The van der Waals surface area contributed by atoms with Gasteiger partial charge in [0.05, 0.1) is 22.7 Å². The fourth-order valence-corrected chi connectivity index (χ4v) is 4.24. The van der Waals surface area contributed by atoms with Crippen LogP contribution in [-0.2, 0) is 22.7 Å². The van der Waals surface area contributed by atoms with Crippen molar-refractivity contribution >= 4 is 15.7 Å². The van der Waals surface area contributed by atoms with Crippen molar-refractivity contribution in [3.8, 4) is 0 Å². The zero-order valence-corrected chi connectivity index (χ0v) is 16.1. The van der Waals surface area contributed by atoms with Crippen LogP contribution in [0.15, 0.2) is 77.7 Å². The van der Waals surface area contributed by atoms with E-state index in [2.05, 4.69) is 0 Å². The minimum Gasteiger partial charge on any atom is -0.262 e. The number of hydrogen-bond acceptors (Lipinski definition) is 2.